The number of benzene rings is 1. The molecule has 1 heterocycles. The number of aliphatic hydroxyl groups is 1. The summed E-state index contributed by atoms with van der Waals surface area (Å²) in [6.45, 7) is 4.93. The van der Waals surface area contributed by atoms with E-state index in [0.717, 1.165) is 31.0 Å². The maximum atomic E-state index is 12.3. The van der Waals surface area contributed by atoms with E-state index in [1.165, 1.54) is 7.11 Å². The minimum Gasteiger partial charge on any atom is -0.391 e. The predicted octanol–water partition coefficient (Wildman–Crippen LogP) is 0.761. The van der Waals surface area contributed by atoms with Crippen LogP contribution >= 0.6 is 24.0 Å². The third kappa shape index (κ3) is 7.53. The van der Waals surface area contributed by atoms with Gasteiger partial charge in [-0.1, -0.05) is 12.1 Å². The molecule has 3 N–H and O–H groups in total. The number of aliphatic hydroxyl groups excluding tert-OH is 1. The van der Waals surface area contributed by atoms with Crippen LogP contribution in [0.4, 0.5) is 0 Å². The first-order valence-electron chi connectivity index (χ1n) is 8.75. The van der Waals surface area contributed by atoms with Gasteiger partial charge in [-0.3, -0.25) is 0 Å². The topological polar surface area (TPSA) is 103 Å². The Bertz CT molecular complexity index is 715. The monoisotopic (exact) mass is 512 g/mol. The molecular formula is C17H29IN4O4S. The molecule has 8 nitrogen and oxygen atoms in total. The zero-order valence-corrected chi connectivity index (χ0v) is 18.9. The number of methoxy groups -OCH3 is 1. The molecule has 1 aliphatic heterocycles. The number of β-amino-alcohol motifs (C(OH)–C–C–N with tert-alkyl or cyclic N) is 1. The maximum absolute atomic E-state index is 12.3. The number of aliphatic imine (C=N–C) groups is 1. The Morgan fingerprint density at radius 2 is 2.22 bits per heavy atom. The molecule has 0 saturated carbocycles. The van der Waals surface area contributed by atoms with Crippen molar-refractivity contribution < 1.29 is 18.3 Å². The van der Waals surface area contributed by atoms with Gasteiger partial charge in [0.15, 0.2) is 5.96 Å². The normalized spacial score (nSPS) is 17.7. The van der Waals surface area contributed by atoms with Crippen molar-refractivity contribution in [2.45, 2.75) is 30.9 Å². The van der Waals surface area contributed by atoms with Gasteiger partial charge < -0.3 is 20.1 Å². The number of rotatable bonds is 8. The smallest absolute Gasteiger partial charge is 0.240 e. The molecule has 2 rings (SSSR count). The van der Waals surface area contributed by atoms with Gasteiger partial charge in [-0.2, -0.15) is 0 Å². The zero-order chi connectivity index (χ0) is 19.0. The van der Waals surface area contributed by atoms with Crippen molar-refractivity contribution in [3.05, 3.63) is 29.8 Å². The van der Waals surface area contributed by atoms with Crippen LogP contribution in [0.3, 0.4) is 0 Å². The fraction of sp³-hybridized carbons (Fsp3) is 0.588. The molecule has 0 aromatic heterocycles. The van der Waals surface area contributed by atoms with Gasteiger partial charge in [-0.25, -0.2) is 18.1 Å². The van der Waals surface area contributed by atoms with Gasteiger partial charge >= 0.3 is 0 Å². The molecular weight excluding hydrogens is 483 g/mol. The van der Waals surface area contributed by atoms with Crippen LogP contribution in [0, 0.1) is 0 Å². The Morgan fingerprint density at radius 1 is 1.44 bits per heavy atom. The average molecular weight is 512 g/mol. The van der Waals surface area contributed by atoms with Crippen molar-refractivity contribution in [3.63, 3.8) is 0 Å². The SMILES string of the molecule is CCNC(=NCc1cccc(S(=O)(=O)NCCOC)c1)N1CC[C@@H](O)C1.I. The molecule has 27 heavy (non-hydrogen) atoms. The third-order valence-corrected chi connectivity index (χ3v) is 5.47. The maximum Gasteiger partial charge on any atom is 0.240 e. The number of halogens is 1. The molecule has 10 heteroatoms. The Kier molecular flexibility index (Phi) is 10.5. The van der Waals surface area contributed by atoms with Gasteiger partial charge in [0.25, 0.3) is 0 Å². The Morgan fingerprint density at radius 3 is 2.85 bits per heavy atom. The van der Waals surface area contributed by atoms with E-state index in [2.05, 4.69) is 15.0 Å². The van der Waals surface area contributed by atoms with Crippen molar-refractivity contribution >= 4 is 40.0 Å². The number of nitrogens with one attached hydrogen (secondary N) is 2. The highest BCUT2D eigenvalue weighted by molar-refractivity contribution is 14.0. The molecule has 1 aliphatic rings. The van der Waals surface area contributed by atoms with E-state index in [4.69, 9.17) is 4.74 Å². The summed E-state index contributed by atoms with van der Waals surface area (Å²) >= 11 is 0. The van der Waals surface area contributed by atoms with Crippen LogP contribution < -0.4 is 10.0 Å². The van der Waals surface area contributed by atoms with Crippen molar-refractivity contribution in [1.29, 1.82) is 0 Å². The Labute approximate surface area is 178 Å². The van der Waals surface area contributed by atoms with Gasteiger partial charge in [-0.05, 0) is 31.0 Å². The second kappa shape index (κ2) is 11.8. The minimum atomic E-state index is -3.56. The van der Waals surface area contributed by atoms with Crippen LogP contribution in [0.25, 0.3) is 0 Å². The number of ether oxygens (including phenoxy) is 1. The molecule has 0 bridgehead atoms. The highest BCUT2D eigenvalue weighted by Gasteiger charge is 2.22. The number of guanidine groups is 1. The van der Waals surface area contributed by atoms with Crippen LogP contribution in [0.15, 0.2) is 34.2 Å². The predicted molar refractivity (Wildman–Crippen MR) is 116 cm³/mol. The lowest BCUT2D eigenvalue weighted by Gasteiger charge is -2.21. The summed E-state index contributed by atoms with van der Waals surface area (Å²) in [4.78, 5) is 6.81. The van der Waals surface area contributed by atoms with Crippen molar-refractivity contribution in [3.8, 4) is 0 Å². The number of sulfonamides is 1. The van der Waals surface area contributed by atoms with Gasteiger partial charge in [-0.15, -0.1) is 24.0 Å². The molecule has 0 spiro atoms. The number of hydrogen-bond donors (Lipinski definition) is 3. The quantitative estimate of drug-likeness (QED) is 0.206. The fourth-order valence-corrected chi connectivity index (χ4v) is 3.78. The van der Waals surface area contributed by atoms with Crippen LogP contribution in [0.2, 0.25) is 0 Å². The van der Waals surface area contributed by atoms with E-state index >= 15 is 0 Å². The molecule has 1 atom stereocenters. The van der Waals surface area contributed by atoms with Crippen LogP contribution in [0.1, 0.15) is 18.9 Å². The van der Waals surface area contributed by atoms with Crippen molar-refractivity contribution in [2.75, 3.05) is 39.9 Å². The van der Waals surface area contributed by atoms with E-state index < -0.39 is 10.0 Å². The first kappa shape index (κ1) is 24.1. The van der Waals surface area contributed by atoms with Crippen LogP contribution in [0.5, 0.6) is 0 Å². The summed E-state index contributed by atoms with van der Waals surface area (Å²) in [5.74, 6) is 0.732. The van der Waals surface area contributed by atoms with Gasteiger partial charge in [0.1, 0.15) is 0 Å². The molecule has 1 saturated heterocycles. The number of nitrogens with zero attached hydrogens (tertiary/aromatic N) is 2. The first-order chi connectivity index (χ1) is 12.5. The highest BCUT2D eigenvalue weighted by Crippen LogP contribution is 2.13. The lowest BCUT2D eigenvalue weighted by molar-refractivity contribution is 0.188. The van der Waals surface area contributed by atoms with E-state index in [9.17, 15) is 13.5 Å². The summed E-state index contributed by atoms with van der Waals surface area (Å²) in [6.07, 6.45) is 0.399. The summed E-state index contributed by atoms with van der Waals surface area (Å²) < 4.78 is 32.0. The number of hydrogen-bond acceptors (Lipinski definition) is 5. The molecule has 0 radical (unpaired) electrons. The van der Waals surface area contributed by atoms with Gasteiger partial charge in [0.2, 0.25) is 10.0 Å². The summed E-state index contributed by atoms with van der Waals surface area (Å²) in [7, 11) is -2.04. The Hall–Kier alpha value is -0.950. The van der Waals surface area contributed by atoms with Crippen molar-refractivity contribution in [1.82, 2.24) is 14.9 Å². The summed E-state index contributed by atoms with van der Waals surface area (Å²) in [6, 6.07) is 6.74. The first-order valence-corrected chi connectivity index (χ1v) is 10.2. The summed E-state index contributed by atoms with van der Waals surface area (Å²) in [5, 5.41) is 12.9. The largest absolute Gasteiger partial charge is 0.391 e. The second-order valence-electron chi connectivity index (χ2n) is 6.10. The molecule has 1 aromatic rings. The number of likely N-dealkylation sites (tertiary alicyclic amines) is 1. The molecule has 0 aliphatic carbocycles. The molecule has 1 fully saturated rings. The average Bonchev–Trinajstić information content (AvgIpc) is 3.05. The van der Waals surface area contributed by atoms with E-state index in [1.807, 2.05) is 17.9 Å². The molecule has 0 amide bonds. The standard InChI is InChI=1S/C17H28N4O4S.HI/c1-3-18-17(21-9-7-15(22)13-21)19-12-14-5-4-6-16(11-14)26(23,24)20-8-10-25-2;/h4-6,11,15,20,22H,3,7-10,12-13H2,1-2H3,(H,18,19);1H/t15-;/m1./s1. The van der Waals surface area contributed by atoms with Crippen LogP contribution in [-0.4, -0.2) is 70.4 Å². The van der Waals surface area contributed by atoms with Crippen LogP contribution in [-0.2, 0) is 21.3 Å². The summed E-state index contributed by atoms with van der Waals surface area (Å²) in [5.41, 5.74) is 0.801. The zero-order valence-electron chi connectivity index (χ0n) is 15.7. The lowest BCUT2D eigenvalue weighted by Crippen LogP contribution is -2.40. The van der Waals surface area contributed by atoms with E-state index in [1.54, 1.807) is 18.2 Å². The van der Waals surface area contributed by atoms with Gasteiger partial charge in [0, 0.05) is 33.3 Å². The lowest BCUT2D eigenvalue weighted by atomic mass is 10.2. The highest BCUT2D eigenvalue weighted by atomic mass is 127. The Balaban J connectivity index is 0.00000364. The molecule has 154 valence electrons. The minimum absolute atomic E-state index is 0. The van der Waals surface area contributed by atoms with Gasteiger partial charge in [0.05, 0.1) is 24.2 Å². The van der Waals surface area contributed by atoms with E-state index in [-0.39, 0.29) is 41.5 Å². The van der Waals surface area contributed by atoms with Crippen molar-refractivity contribution in [2.24, 2.45) is 4.99 Å². The second-order valence-corrected chi connectivity index (χ2v) is 7.86. The third-order valence-electron chi connectivity index (χ3n) is 4.02. The van der Waals surface area contributed by atoms with E-state index in [0.29, 0.717) is 19.7 Å². The molecule has 0 unspecified atom stereocenters. The fourth-order valence-electron chi connectivity index (χ4n) is 2.70. The molecule has 1 aromatic carbocycles.